The first-order chi connectivity index (χ1) is 8.53. The summed E-state index contributed by atoms with van der Waals surface area (Å²) in [7, 11) is 0. The maximum absolute atomic E-state index is 11.3. The maximum atomic E-state index is 11.3. The Balaban J connectivity index is 2.19. The second kappa shape index (κ2) is 7.74. The highest BCUT2D eigenvalue weighted by molar-refractivity contribution is 5.69. The molecule has 0 saturated carbocycles. The highest BCUT2D eigenvalue weighted by Crippen LogP contribution is 2.25. The lowest BCUT2D eigenvalue weighted by atomic mass is 9.89. The third-order valence-corrected chi connectivity index (χ3v) is 3.11. The molecule has 0 N–H and O–H groups in total. The lowest BCUT2D eigenvalue weighted by molar-refractivity contribution is -0.177. The van der Waals surface area contributed by atoms with Crippen molar-refractivity contribution >= 4 is 5.97 Å². The van der Waals surface area contributed by atoms with E-state index in [4.69, 9.17) is 14.2 Å². The second-order valence-electron chi connectivity index (χ2n) is 5.58. The predicted octanol–water partition coefficient (Wildman–Crippen LogP) is 2.90. The quantitative estimate of drug-likeness (QED) is 0.659. The second-order valence-corrected chi connectivity index (χ2v) is 5.58. The van der Waals surface area contributed by atoms with Crippen LogP contribution in [0.25, 0.3) is 0 Å². The number of ether oxygens (including phenoxy) is 3. The fraction of sp³-hybridized carbons (Fsp3) is 0.929. The topological polar surface area (TPSA) is 44.8 Å². The largest absolute Gasteiger partial charge is 0.466 e. The van der Waals surface area contributed by atoms with Gasteiger partial charge in [-0.05, 0) is 38.0 Å². The molecule has 0 aromatic heterocycles. The minimum atomic E-state index is -0.125. The molecule has 4 nitrogen and oxygen atoms in total. The molecule has 4 heteroatoms. The number of hydrogen-bond donors (Lipinski definition) is 0. The molecule has 1 fully saturated rings. The molecule has 1 aliphatic heterocycles. The van der Waals surface area contributed by atoms with Crippen LogP contribution in [0.3, 0.4) is 0 Å². The van der Waals surface area contributed by atoms with Crippen LogP contribution in [0.5, 0.6) is 0 Å². The Morgan fingerprint density at radius 2 is 2.17 bits per heavy atom. The summed E-state index contributed by atoms with van der Waals surface area (Å²) in [5.74, 6) is -0.125. The molecule has 0 radical (unpaired) electrons. The van der Waals surface area contributed by atoms with Gasteiger partial charge in [-0.15, -0.1) is 0 Å². The summed E-state index contributed by atoms with van der Waals surface area (Å²) in [4.78, 5) is 11.3. The van der Waals surface area contributed by atoms with Gasteiger partial charge in [-0.3, -0.25) is 4.79 Å². The standard InChI is InChI=1S/C14H26O4/c1-4-16-12(15)8-9-14(2,3)11-18-13-7-5-6-10-17-13/h13H,4-11H2,1-3H3/t13-/m0/s1. The number of hydrogen-bond acceptors (Lipinski definition) is 4. The van der Waals surface area contributed by atoms with E-state index in [0.29, 0.717) is 19.6 Å². The Bertz CT molecular complexity index is 244. The lowest BCUT2D eigenvalue weighted by Crippen LogP contribution is -2.29. The van der Waals surface area contributed by atoms with Crippen LogP contribution in [-0.4, -0.2) is 32.1 Å². The first-order valence-corrected chi connectivity index (χ1v) is 6.92. The van der Waals surface area contributed by atoms with Crippen molar-refractivity contribution in [1.82, 2.24) is 0 Å². The van der Waals surface area contributed by atoms with Gasteiger partial charge >= 0.3 is 5.97 Å². The van der Waals surface area contributed by atoms with Gasteiger partial charge < -0.3 is 14.2 Å². The van der Waals surface area contributed by atoms with Crippen molar-refractivity contribution in [1.29, 1.82) is 0 Å². The van der Waals surface area contributed by atoms with E-state index in [0.717, 1.165) is 25.9 Å². The SMILES string of the molecule is CCOC(=O)CCC(C)(C)CO[C@H]1CCCCO1. The molecule has 1 aliphatic rings. The molecule has 1 atom stereocenters. The van der Waals surface area contributed by atoms with Gasteiger partial charge in [-0.2, -0.15) is 0 Å². The summed E-state index contributed by atoms with van der Waals surface area (Å²) in [6.07, 6.45) is 4.46. The van der Waals surface area contributed by atoms with Crippen molar-refractivity contribution in [2.45, 2.75) is 59.2 Å². The molecule has 0 aromatic carbocycles. The molecule has 1 saturated heterocycles. The highest BCUT2D eigenvalue weighted by atomic mass is 16.7. The van der Waals surface area contributed by atoms with E-state index < -0.39 is 0 Å². The zero-order valence-electron chi connectivity index (χ0n) is 11.9. The average molecular weight is 258 g/mol. The van der Waals surface area contributed by atoms with Gasteiger partial charge in [0.25, 0.3) is 0 Å². The molecule has 0 bridgehead atoms. The third kappa shape index (κ3) is 6.36. The van der Waals surface area contributed by atoms with Gasteiger partial charge in [0.05, 0.1) is 13.2 Å². The molecule has 0 amide bonds. The van der Waals surface area contributed by atoms with Gasteiger partial charge in [0, 0.05) is 13.0 Å². The molecular weight excluding hydrogens is 232 g/mol. The predicted molar refractivity (Wildman–Crippen MR) is 69.2 cm³/mol. The van der Waals surface area contributed by atoms with E-state index in [9.17, 15) is 4.79 Å². The summed E-state index contributed by atoms with van der Waals surface area (Å²) in [5, 5.41) is 0. The van der Waals surface area contributed by atoms with E-state index in [1.165, 1.54) is 6.42 Å². The van der Waals surface area contributed by atoms with Gasteiger partial charge in [0.2, 0.25) is 0 Å². The molecule has 1 rings (SSSR count). The molecule has 0 spiro atoms. The monoisotopic (exact) mass is 258 g/mol. The van der Waals surface area contributed by atoms with Crippen LogP contribution in [0.4, 0.5) is 0 Å². The molecule has 18 heavy (non-hydrogen) atoms. The zero-order chi connectivity index (χ0) is 13.4. The average Bonchev–Trinajstić information content (AvgIpc) is 2.36. The van der Waals surface area contributed by atoms with Crippen molar-refractivity contribution in [3.05, 3.63) is 0 Å². The Kier molecular flexibility index (Phi) is 6.65. The summed E-state index contributed by atoms with van der Waals surface area (Å²) in [5.41, 5.74) is -0.0203. The van der Waals surface area contributed by atoms with E-state index in [-0.39, 0.29) is 17.7 Å². The number of esters is 1. The fourth-order valence-corrected chi connectivity index (χ4v) is 1.91. The van der Waals surface area contributed by atoms with Crippen LogP contribution in [0.2, 0.25) is 0 Å². The van der Waals surface area contributed by atoms with Crippen molar-refractivity contribution in [2.75, 3.05) is 19.8 Å². The third-order valence-electron chi connectivity index (χ3n) is 3.11. The van der Waals surface area contributed by atoms with E-state index in [2.05, 4.69) is 13.8 Å². The van der Waals surface area contributed by atoms with Gasteiger partial charge in [-0.1, -0.05) is 13.8 Å². The van der Waals surface area contributed by atoms with E-state index >= 15 is 0 Å². The van der Waals surface area contributed by atoms with Crippen molar-refractivity contribution in [2.24, 2.45) is 5.41 Å². The highest BCUT2D eigenvalue weighted by Gasteiger charge is 2.23. The van der Waals surface area contributed by atoms with Crippen LogP contribution in [0, 0.1) is 5.41 Å². The lowest BCUT2D eigenvalue weighted by Gasteiger charge is -2.29. The first kappa shape index (κ1) is 15.4. The summed E-state index contributed by atoms with van der Waals surface area (Å²) in [6, 6.07) is 0. The smallest absolute Gasteiger partial charge is 0.305 e. The molecule has 0 aromatic rings. The van der Waals surface area contributed by atoms with Crippen molar-refractivity contribution in [3.8, 4) is 0 Å². The first-order valence-electron chi connectivity index (χ1n) is 6.92. The Labute approximate surface area is 110 Å². The Morgan fingerprint density at radius 3 is 2.78 bits per heavy atom. The minimum Gasteiger partial charge on any atom is -0.466 e. The zero-order valence-corrected chi connectivity index (χ0v) is 11.9. The van der Waals surface area contributed by atoms with Gasteiger partial charge in [-0.25, -0.2) is 0 Å². The Morgan fingerprint density at radius 1 is 1.39 bits per heavy atom. The molecule has 1 heterocycles. The molecule has 0 unspecified atom stereocenters. The van der Waals surface area contributed by atoms with E-state index in [1.807, 2.05) is 6.92 Å². The molecular formula is C14H26O4. The van der Waals surface area contributed by atoms with Crippen LogP contribution in [0.1, 0.15) is 52.9 Å². The normalized spacial score (nSPS) is 20.7. The summed E-state index contributed by atoms with van der Waals surface area (Å²) in [6.45, 7) is 7.91. The van der Waals surface area contributed by atoms with Crippen LogP contribution in [0.15, 0.2) is 0 Å². The van der Waals surface area contributed by atoms with Crippen molar-refractivity contribution < 1.29 is 19.0 Å². The maximum Gasteiger partial charge on any atom is 0.305 e. The number of carbonyl (C=O) groups excluding carboxylic acids is 1. The summed E-state index contributed by atoms with van der Waals surface area (Å²) < 4.78 is 16.2. The Hall–Kier alpha value is -0.610. The fourth-order valence-electron chi connectivity index (χ4n) is 1.91. The van der Waals surface area contributed by atoms with Crippen LogP contribution < -0.4 is 0 Å². The van der Waals surface area contributed by atoms with Crippen LogP contribution in [-0.2, 0) is 19.0 Å². The number of carbonyl (C=O) groups is 1. The van der Waals surface area contributed by atoms with Crippen molar-refractivity contribution in [3.63, 3.8) is 0 Å². The van der Waals surface area contributed by atoms with Gasteiger partial charge in [0.15, 0.2) is 6.29 Å². The molecule has 106 valence electrons. The van der Waals surface area contributed by atoms with Crippen LogP contribution >= 0.6 is 0 Å². The minimum absolute atomic E-state index is 0.0203. The summed E-state index contributed by atoms with van der Waals surface area (Å²) >= 11 is 0. The molecule has 0 aliphatic carbocycles. The van der Waals surface area contributed by atoms with Gasteiger partial charge in [0.1, 0.15) is 0 Å². The van der Waals surface area contributed by atoms with E-state index in [1.54, 1.807) is 0 Å². The number of rotatable bonds is 7.